The topological polar surface area (TPSA) is 154 Å². The first-order chi connectivity index (χ1) is 38.8. The number of allylic oxidation sites excluding steroid dienone is 1. The molecule has 0 aliphatic rings. The lowest BCUT2D eigenvalue weighted by Gasteiger charge is -2.37. The minimum Gasteiger partial charge on any atom is -0.461 e. The Morgan fingerprint density at radius 1 is 0.575 bits per heavy atom. The van der Waals surface area contributed by atoms with E-state index in [0.717, 1.165) is 33.4 Å². The number of aliphatic hydroxyl groups is 2. The van der Waals surface area contributed by atoms with Crippen LogP contribution in [0.25, 0.3) is 0 Å². The van der Waals surface area contributed by atoms with E-state index in [0.29, 0.717) is 17.7 Å². The third kappa shape index (κ3) is 16.1. The van der Waals surface area contributed by atoms with E-state index in [9.17, 15) is 33.8 Å². The number of carbonyl (C=O) groups excluding carboxylic acids is 4. The molecule has 414 valence electrons. The Kier molecular flexibility index (Phi) is 22.7. The van der Waals surface area contributed by atoms with Crippen molar-refractivity contribution in [3.8, 4) is 0 Å². The van der Waals surface area contributed by atoms with Gasteiger partial charge in [0.15, 0.2) is 0 Å². The molecule has 10 nitrogen and oxygen atoms in total. The fourth-order valence-corrected chi connectivity index (χ4v) is 12.8. The van der Waals surface area contributed by atoms with Gasteiger partial charge in [0.2, 0.25) is 17.7 Å². The number of carbonyl (C=O) groups is 4. The largest absolute Gasteiger partial charge is 0.461 e. The zero-order valence-corrected chi connectivity index (χ0v) is 46.7. The van der Waals surface area contributed by atoms with Gasteiger partial charge < -0.3 is 30.9 Å². The second-order valence-electron chi connectivity index (χ2n) is 19.7. The number of halogens is 1. The average Bonchev–Trinajstić information content (AvgIpc) is 3.49. The van der Waals surface area contributed by atoms with Crippen LogP contribution in [0, 0.1) is 11.7 Å². The highest BCUT2D eigenvalue weighted by atomic mass is 32.2. The van der Waals surface area contributed by atoms with E-state index in [1.165, 1.54) is 42.1 Å². The number of hydrogen-bond donors (Lipinski definition) is 5. The number of nitrogens with one attached hydrogen (secondary N) is 3. The Labute approximate surface area is 478 Å². The summed E-state index contributed by atoms with van der Waals surface area (Å²) in [5, 5.41) is 31.4. The van der Waals surface area contributed by atoms with Crippen molar-refractivity contribution in [3.63, 3.8) is 0 Å². The van der Waals surface area contributed by atoms with E-state index in [4.69, 9.17) is 4.74 Å². The van der Waals surface area contributed by atoms with Crippen LogP contribution in [0.3, 0.4) is 0 Å². The van der Waals surface area contributed by atoms with Crippen LogP contribution in [0.15, 0.2) is 231 Å². The van der Waals surface area contributed by atoms with Gasteiger partial charge in [-0.25, -0.2) is 4.39 Å². The summed E-state index contributed by atoms with van der Waals surface area (Å²) in [7, 11) is 0. The van der Waals surface area contributed by atoms with Crippen molar-refractivity contribution in [2.75, 3.05) is 18.1 Å². The molecule has 7 rings (SSSR count). The molecule has 0 aliphatic heterocycles. The van der Waals surface area contributed by atoms with Gasteiger partial charge in [0.25, 0.3) is 0 Å². The summed E-state index contributed by atoms with van der Waals surface area (Å²) in [6.45, 7) is 7.12. The van der Waals surface area contributed by atoms with Crippen LogP contribution in [-0.2, 0) is 39.8 Å². The molecule has 7 aromatic carbocycles. The van der Waals surface area contributed by atoms with Crippen molar-refractivity contribution in [3.05, 3.63) is 276 Å². The Hall–Kier alpha value is -7.55. The van der Waals surface area contributed by atoms with Gasteiger partial charge in [-0.05, 0) is 69.2 Å². The van der Waals surface area contributed by atoms with Gasteiger partial charge in [-0.15, -0.1) is 23.5 Å². The molecule has 7 aromatic rings. The van der Waals surface area contributed by atoms with Crippen molar-refractivity contribution < 1.29 is 38.5 Å². The number of thioether (sulfide) groups is 2. The van der Waals surface area contributed by atoms with Crippen LogP contribution in [0.2, 0.25) is 0 Å². The van der Waals surface area contributed by atoms with Crippen molar-refractivity contribution in [2.24, 2.45) is 5.92 Å². The number of rotatable bonds is 29. The Balaban J connectivity index is 1.13. The van der Waals surface area contributed by atoms with Crippen LogP contribution >= 0.6 is 23.5 Å². The molecule has 0 aromatic heterocycles. The van der Waals surface area contributed by atoms with E-state index in [1.54, 1.807) is 31.7 Å². The molecule has 0 saturated carbocycles. The minimum atomic E-state index is -1.35. The summed E-state index contributed by atoms with van der Waals surface area (Å²) in [5.74, 6) is -2.89. The predicted molar refractivity (Wildman–Crippen MR) is 320 cm³/mol. The van der Waals surface area contributed by atoms with Crippen molar-refractivity contribution in [2.45, 2.75) is 79.4 Å². The molecular weight excluding hydrogens is 1040 g/mol. The van der Waals surface area contributed by atoms with Gasteiger partial charge in [-0.2, -0.15) is 0 Å². The molecule has 5 N–H and O–H groups in total. The maximum Gasteiger partial charge on any atom is 0.308 e. The molecule has 0 bridgehead atoms. The number of aliphatic hydroxyl groups excluding tert-OH is 2. The molecule has 5 atom stereocenters. The summed E-state index contributed by atoms with van der Waals surface area (Å²) in [6.07, 6.45) is 1.99. The highest BCUT2D eigenvalue weighted by Crippen LogP contribution is 2.50. The SMILES string of the molecule is C=CCOC(=O)C[C@H](O)[C@H](NC(=O)[C@@H](CSC(c1ccccc1)(c1ccccc1)c1ccccc1)NC(=O)[C@@H](Cc1ccc(F)cc1)NC(=O)C[C@H](O)/C=C/CCSC(c1ccccc1)(c1ccccc1)c1ccccc1)C(C)C. The molecule has 0 unspecified atom stereocenters. The predicted octanol–water partition coefficient (Wildman–Crippen LogP) is 11.1. The zero-order chi connectivity index (χ0) is 56.7. The molecule has 0 saturated heterocycles. The number of ether oxygens (including phenoxy) is 1. The second kappa shape index (κ2) is 30.2. The number of benzene rings is 7. The lowest BCUT2D eigenvalue weighted by molar-refractivity contribution is -0.145. The molecule has 80 heavy (non-hydrogen) atoms. The Bertz CT molecular complexity index is 2870. The van der Waals surface area contributed by atoms with Gasteiger partial charge in [-0.3, -0.25) is 19.2 Å². The molecule has 13 heteroatoms. The van der Waals surface area contributed by atoms with E-state index < -0.39 is 75.8 Å². The van der Waals surface area contributed by atoms with Gasteiger partial charge in [0.1, 0.15) is 24.5 Å². The van der Waals surface area contributed by atoms with E-state index in [1.807, 2.05) is 152 Å². The summed E-state index contributed by atoms with van der Waals surface area (Å²) in [6, 6.07) is 62.7. The first-order valence-electron chi connectivity index (χ1n) is 26.9. The third-order valence-corrected chi connectivity index (χ3v) is 16.9. The quantitative estimate of drug-likeness (QED) is 0.0133. The lowest BCUT2D eigenvalue weighted by Crippen LogP contribution is -2.58. The maximum absolute atomic E-state index is 14.9. The Morgan fingerprint density at radius 2 is 1.00 bits per heavy atom. The second-order valence-corrected chi connectivity index (χ2v) is 22.3. The zero-order valence-electron chi connectivity index (χ0n) is 45.1. The van der Waals surface area contributed by atoms with Crippen molar-refractivity contribution in [1.82, 2.24) is 16.0 Å². The summed E-state index contributed by atoms with van der Waals surface area (Å²) in [4.78, 5) is 56.6. The van der Waals surface area contributed by atoms with Gasteiger partial charge in [0, 0.05) is 12.2 Å². The smallest absolute Gasteiger partial charge is 0.308 e. The molecule has 0 fully saturated rings. The first-order valence-corrected chi connectivity index (χ1v) is 28.9. The summed E-state index contributed by atoms with van der Waals surface area (Å²) < 4.78 is 18.0. The van der Waals surface area contributed by atoms with Crippen LogP contribution in [0.4, 0.5) is 4.39 Å². The lowest BCUT2D eigenvalue weighted by atomic mass is 9.84. The standard InChI is InChI=1S/C67H70FN3O7S2/c1-4-42-78-62(75)46-60(73)63(48(2)3)71-65(77)59(47-80-67(53-31-17-8-18-32-53,54-33-19-9-20-34-54)55-35-21-10-22-36-55)70-64(76)58(44-49-38-40-56(68)41-39-49)69-61(74)45-57(72)37-23-24-43-79-66(50-25-11-5-12-26-50,51-27-13-6-14-28-51)52-29-15-7-16-30-52/h4-23,25-41,48,57-60,63,72-73H,1,24,42-47H2,2-3H3,(H,69,74)(H,70,76)(H,71,77)/b37-23+/t57-,58-,59-,60+,63-/m1/s1. The molecule has 0 radical (unpaired) electrons. The van der Waals surface area contributed by atoms with Crippen molar-refractivity contribution >= 4 is 47.2 Å². The van der Waals surface area contributed by atoms with E-state index >= 15 is 0 Å². The highest BCUT2D eigenvalue weighted by molar-refractivity contribution is 8.00. The van der Waals surface area contributed by atoms with Gasteiger partial charge >= 0.3 is 5.97 Å². The van der Waals surface area contributed by atoms with Gasteiger partial charge in [0.05, 0.1) is 40.6 Å². The molecular formula is C67H70FN3O7S2. The molecule has 3 amide bonds. The number of amides is 3. The van der Waals surface area contributed by atoms with E-state index in [-0.39, 0.29) is 31.1 Å². The molecule has 0 spiro atoms. The average molecular weight is 1110 g/mol. The Morgan fingerprint density at radius 3 is 1.43 bits per heavy atom. The number of esters is 1. The fraction of sp³-hybridized carbons (Fsp3) is 0.254. The van der Waals surface area contributed by atoms with E-state index in [2.05, 4.69) is 58.9 Å². The molecule has 0 aliphatic carbocycles. The highest BCUT2D eigenvalue weighted by Gasteiger charge is 2.41. The van der Waals surface area contributed by atoms with Crippen LogP contribution in [-0.4, -0.2) is 82.3 Å². The fourth-order valence-electron chi connectivity index (χ4n) is 9.79. The minimum absolute atomic E-state index is 0.0271. The first kappa shape index (κ1) is 60.1. The van der Waals surface area contributed by atoms with Crippen LogP contribution < -0.4 is 16.0 Å². The van der Waals surface area contributed by atoms with Crippen LogP contribution in [0.1, 0.15) is 72.1 Å². The van der Waals surface area contributed by atoms with Crippen molar-refractivity contribution in [1.29, 1.82) is 0 Å². The number of hydrogen-bond acceptors (Lipinski definition) is 9. The normalized spacial score (nSPS) is 13.6. The maximum atomic E-state index is 14.9. The third-order valence-electron chi connectivity index (χ3n) is 13.7. The monoisotopic (exact) mass is 1110 g/mol. The van der Waals surface area contributed by atoms with Gasteiger partial charge in [-0.1, -0.05) is 233 Å². The summed E-state index contributed by atoms with van der Waals surface area (Å²) in [5.41, 5.74) is 6.65. The summed E-state index contributed by atoms with van der Waals surface area (Å²) >= 11 is 3.21. The molecule has 0 heterocycles. The van der Waals surface area contributed by atoms with Crippen LogP contribution in [0.5, 0.6) is 0 Å².